The molecule has 4 rings (SSSR count). The number of nitrogens with zero attached hydrogens (tertiary/aromatic N) is 1. The lowest BCUT2D eigenvalue weighted by atomic mass is 9.72. The summed E-state index contributed by atoms with van der Waals surface area (Å²) in [6.45, 7) is 6.91. The molecule has 5 nitrogen and oxygen atoms in total. The highest BCUT2D eigenvalue weighted by Gasteiger charge is 2.31. The van der Waals surface area contributed by atoms with Crippen LogP contribution in [-0.4, -0.2) is 24.2 Å². The number of hydrogen-bond donors (Lipinski definition) is 1. The van der Waals surface area contributed by atoms with Crippen molar-refractivity contribution in [2.75, 3.05) is 14.2 Å². The third-order valence-corrected chi connectivity index (χ3v) is 6.95. The minimum atomic E-state index is -0.0542. The number of aromatic amines is 1. The van der Waals surface area contributed by atoms with E-state index in [1.54, 1.807) is 25.6 Å². The molecule has 0 spiro atoms. The molecule has 1 atom stereocenters. The van der Waals surface area contributed by atoms with Crippen molar-refractivity contribution in [1.29, 1.82) is 0 Å². The minimum absolute atomic E-state index is 0.0542. The number of hydrogen-bond acceptors (Lipinski definition) is 5. The van der Waals surface area contributed by atoms with Crippen molar-refractivity contribution in [3.63, 3.8) is 0 Å². The molecule has 1 aromatic carbocycles. The Morgan fingerprint density at radius 2 is 1.93 bits per heavy atom. The Balaban J connectivity index is 1.79. The van der Waals surface area contributed by atoms with E-state index >= 15 is 0 Å². The van der Waals surface area contributed by atoms with Gasteiger partial charge >= 0.3 is 0 Å². The molecule has 0 radical (unpaired) electrons. The lowest BCUT2D eigenvalue weighted by molar-refractivity contribution is 0.218. The van der Waals surface area contributed by atoms with Gasteiger partial charge in [0.25, 0.3) is 5.56 Å². The van der Waals surface area contributed by atoms with Gasteiger partial charge in [-0.1, -0.05) is 20.8 Å². The second-order valence-corrected chi connectivity index (χ2v) is 9.56. The van der Waals surface area contributed by atoms with Gasteiger partial charge in [-0.05, 0) is 54.4 Å². The summed E-state index contributed by atoms with van der Waals surface area (Å²) in [5.41, 5.74) is 2.23. The molecule has 0 amide bonds. The van der Waals surface area contributed by atoms with Crippen LogP contribution in [0.5, 0.6) is 11.5 Å². The van der Waals surface area contributed by atoms with Gasteiger partial charge in [-0.3, -0.25) is 4.79 Å². The van der Waals surface area contributed by atoms with Crippen LogP contribution >= 0.6 is 11.3 Å². The quantitative estimate of drug-likeness (QED) is 0.687. The van der Waals surface area contributed by atoms with Gasteiger partial charge in [-0.25, -0.2) is 4.98 Å². The Morgan fingerprint density at radius 1 is 1.18 bits per heavy atom. The zero-order chi connectivity index (χ0) is 20.1. The summed E-state index contributed by atoms with van der Waals surface area (Å²) in [4.78, 5) is 22.8. The number of H-pyrrole nitrogens is 1. The molecule has 1 aliphatic carbocycles. The Labute approximate surface area is 168 Å². The highest BCUT2D eigenvalue weighted by atomic mass is 32.1. The van der Waals surface area contributed by atoms with Gasteiger partial charge in [0.1, 0.15) is 10.7 Å². The summed E-state index contributed by atoms with van der Waals surface area (Å²) >= 11 is 1.67. The maximum atomic E-state index is 12.9. The monoisotopic (exact) mass is 398 g/mol. The first-order chi connectivity index (χ1) is 13.3. The molecule has 148 valence electrons. The molecule has 1 aliphatic rings. The number of aryl methyl sites for hydroxylation is 1. The van der Waals surface area contributed by atoms with E-state index in [2.05, 4.69) is 25.8 Å². The van der Waals surface area contributed by atoms with Crippen LogP contribution in [0, 0.1) is 11.3 Å². The van der Waals surface area contributed by atoms with Gasteiger partial charge in [0.15, 0.2) is 11.5 Å². The zero-order valence-corrected chi connectivity index (χ0v) is 17.8. The number of ether oxygens (including phenoxy) is 2. The van der Waals surface area contributed by atoms with E-state index in [0.717, 1.165) is 35.0 Å². The van der Waals surface area contributed by atoms with Crippen molar-refractivity contribution in [1.82, 2.24) is 9.97 Å². The van der Waals surface area contributed by atoms with E-state index in [1.807, 2.05) is 18.2 Å². The Kier molecular flexibility index (Phi) is 4.70. The molecule has 2 aromatic heterocycles. The molecule has 0 fully saturated rings. The van der Waals surface area contributed by atoms with Crippen molar-refractivity contribution >= 4 is 21.6 Å². The van der Waals surface area contributed by atoms with Crippen LogP contribution in [0.15, 0.2) is 23.0 Å². The van der Waals surface area contributed by atoms with Crippen molar-refractivity contribution in [2.45, 2.75) is 40.0 Å². The Hall–Kier alpha value is -2.34. The standard InChI is InChI=1S/C22H26N2O3S/c1-22(2,3)13-7-8-14-17(11-13)28-21-18(14)20(25)23-19(24-21)12-6-9-15(26-4)16(10-12)27-5/h6,9-10,13H,7-8,11H2,1-5H3,(H,23,24,25)/t13-/m1/s1. The Bertz CT molecular complexity index is 1090. The molecule has 3 aromatic rings. The van der Waals surface area contributed by atoms with Crippen LogP contribution in [0.2, 0.25) is 0 Å². The molecule has 0 aliphatic heterocycles. The molecule has 2 heterocycles. The molecule has 0 saturated heterocycles. The Morgan fingerprint density at radius 3 is 2.61 bits per heavy atom. The van der Waals surface area contributed by atoms with Crippen molar-refractivity contribution in [2.24, 2.45) is 11.3 Å². The van der Waals surface area contributed by atoms with Gasteiger partial charge in [-0.2, -0.15) is 0 Å². The van der Waals surface area contributed by atoms with E-state index in [-0.39, 0.29) is 11.0 Å². The molecule has 28 heavy (non-hydrogen) atoms. The number of nitrogens with one attached hydrogen (secondary N) is 1. The van der Waals surface area contributed by atoms with E-state index in [9.17, 15) is 4.79 Å². The molecule has 6 heteroatoms. The largest absolute Gasteiger partial charge is 0.493 e. The predicted molar refractivity (Wildman–Crippen MR) is 114 cm³/mol. The minimum Gasteiger partial charge on any atom is -0.493 e. The van der Waals surface area contributed by atoms with Gasteiger partial charge < -0.3 is 14.5 Å². The summed E-state index contributed by atoms with van der Waals surface area (Å²) in [6, 6.07) is 5.55. The van der Waals surface area contributed by atoms with Crippen LogP contribution in [0.4, 0.5) is 0 Å². The number of benzene rings is 1. The first-order valence-electron chi connectivity index (χ1n) is 9.58. The summed E-state index contributed by atoms with van der Waals surface area (Å²) < 4.78 is 10.7. The molecule has 0 saturated carbocycles. The molecule has 1 N–H and O–H groups in total. The lowest BCUT2D eigenvalue weighted by Gasteiger charge is -2.33. The fraction of sp³-hybridized carbons (Fsp3) is 0.455. The summed E-state index contributed by atoms with van der Waals surface area (Å²) in [6.07, 6.45) is 3.11. The number of aromatic nitrogens is 2. The number of thiophene rings is 1. The second-order valence-electron chi connectivity index (χ2n) is 8.47. The van der Waals surface area contributed by atoms with Gasteiger partial charge in [0.2, 0.25) is 0 Å². The highest BCUT2D eigenvalue weighted by Crippen LogP contribution is 2.42. The summed E-state index contributed by atoms with van der Waals surface area (Å²) in [5, 5.41) is 0.775. The van der Waals surface area contributed by atoms with Crippen LogP contribution in [0.3, 0.4) is 0 Å². The smallest absolute Gasteiger partial charge is 0.260 e. The van der Waals surface area contributed by atoms with Crippen LogP contribution in [0.25, 0.3) is 21.6 Å². The van der Waals surface area contributed by atoms with Gasteiger partial charge in [0.05, 0.1) is 19.6 Å². The number of fused-ring (bicyclic) bond motifs is 3. The first kappa shape index (κ1) is 19.0. The summed E-state index contributed by atoms with van der Waals surface area (Å²) in [7, 11) is 3.20. The van der Waals surface area contributed by atoms with E-state index in [4.69, 9.17) is 14.5 Å². The van der Waals surface area contributed by atoms with Gasteiger partial charge in [0, 0.05) is 10.4 Å². The maximum absolute atomic E-state index is 12.9. The van der Waals surface area contributed by atoms with Crippen LogP contribution in [0.1, 0.15) is 37.6 Å². The SMILES string of the molecule is COc1ccc(-c2nc3sc4c(c3c(=O)[nH]2)CC[C@@H](C(C)(C)C)C4)cc1OC. The zero-order valence-electron chi connectivity index (χ0n) is 17.0. The average Bonchev–Trinajstić information content (AvgIpc) is 3.04. The van der Waals surface area contributed by atoms with Crippen molar-refractivity contribution < 1.29 is 9.47 Å². The average molecular weight is 399 g/mol. The van der Waals surface area contributed by atoms with E-state index in [1.165, 1.54) is 10.4 Å². The topological polar surface area (TPSA) is 64.2 Å². The molecule has 0 bridgehead atoms. The van der Waals surface area contributed by atoms with Gasteiger partial charge in [-0.15, -0.1) is 11.3 Å². The summed E-state index contributed by atoms with van der Waals surface area (Å²) in [5.74, 6) is 2.46. The lowest BCUT2D eigenvalue weighted by Crippen LogP contribution is -2.26. The first-order valence-corrected chi connectivity index (χ1v) is 10.4. The van der Waals surface area contributed by atoms with E-state index in [0.29, 0.717) is 23.2 Å². The molecular formula is C22H26N2O3S. The second kappa shape index (κ2) is 6.92. The van der Waals surface area contributed by atoms with Crippen molar-refractivity contribution in [3.8, 4) is 22.9 Å². The highest BCUT2D eigenvalue weighted by molar-refractivity contribution is 7.18. The third kappa shape index (κ3) is 3.20. The van der Waals surface area contributed by atoms with Crippen LogP contribution < -0.4 is 15.0 Å². The van der Waals surface area contributed by atoms with E-state index < -0.39 is 0 Å². The normalized spacial score (nSPS) is 16.8. The van der Waals surface area contributed by atoms with Crippen molar-refractivity contribution in [3.05, 3.63) is 39.0 Å². The maximum Gasteiger partial charge on any atom is 0.260 e. The fourth-order valence-electron chi connectivity index (χ4n) is 4.04. The number of methoxy groups -OCH3 is 2. The predicted octanol–water partition coefficient (Wildman–Crippen LogP) is 4.82. The fourth-order valence-corrected chi connectivity index (χ4v) is 5.34. The molecule has 0 unspecified atom stereocenters. The molecular weight excluding hydrogens is 372 g/mol. The number of rotatable bonds is 3. The van der Waals surface area contributed by atoms with Crippen LogP contribution in [-0.2, 0) is 12.8 Å². The third-order valence-electron chi connectivity index (χ3n) is 5.80.